The number of para-hydroxylation sites is 1. The van der Waals surface area contributed by atoms with Crippen LogP contribution in [0.4, 0.5) is 10.5 Å². The largest absolute Gasteiger partial charge is 0.441 e. The Morgan fingerprint density at radius 3 is 2.84 bits per heavy atom. The predicted molar refractivity (Wildman–Crippen MR) is 119 cm³/mol. The van der Waals surface area contributed by atoms with E-state index in [4.69, 9.17) is 27.9 Å². The minimum absolute atomic E-state index is 0.325. The first-order chi connectivity index (χ1) is 15.0. The molecule has 1 aromatic heterocycles. The molecular formula is C23H20Cl2N4O2. The molecule has 2 heterocycles. The first-order valence-electron chi connectivity index (χ1n) is 10.3. The molecule has 0 radical (unpaired) electrons. The monoisotopic (exact) mass is 454 g/mol. The minimum atomic E-state index is -0.545. The number of ether oxygens (including phenoxy) is 1. The van der Waals surface area contributed by atoms with E-state index in [9.17, 15) is 10.1 Å². The van der Waals surface area contributed by atoms with E-state index in [0.29, 0.717) is 33.8 Å². The Morgan fingerprint density at radius 1 is 1.26 bits per heavy atom. The lowest BCUT2D eigenvalue weighted by Gasteiger charge is -2.36. The Kier molecular flexibility index (Phi) is 5.04. The number of nitrogens with zero attached hydrogens (tertiary/aromatic N) is 4. The van der Waals surface area contributed by atoms with Crippen LogP contribution >= 0.6 is 23.2 Å². The number of carbonyl (C=O) groups excluding carboxylic acids is 1. The molecule has 3 aromatic rings. The van der Waals surface area contributed by atoms with Crippen molar-refractivity contribution in [1.29, 1.82) is 5.26 Å². The Morgan fingerprint density at radius 2 is 2.06 bits per heavy atom. The Labute approximate surface area is 189 Å². The van der Waals surface area contributed by atoms with Gasteiger partial charge in [-0.15, -0.1) is 0 Å². The lowest BCUT2D eigenvalue weighted by atomic mass is 9.78. The smallest absolute Gasteiger partial charge is 0.415 e. The van der Waals surface area contributed by atoms with Crippen molar-refractivity contribution in [3.63, 3.8) is 0 Å². The van der Waals surface area contributed by atoms with Crippen LogP contribution in [-0.2, 0) is 11.3 Å². The molecule has 1 saturated heterocycles. The fourth-order valence-electron chi connectivity index (χ4n) is 4.93. The molecule has 5 rings (SSSR count). The van der Waals surface area contributed by atoms with Crippen LogP contribution in [-0.4, -0.2) is 27.8 Å². The van der Waals surface area contributed by atoms with Gasteiger partial charge in [-0.1, -0.05) is 29.3 Å². The second-order valence-electron chi connectivity index (χ2n) is 8.38. The van der Waals surface area contributed by atoms with Crippen LogP contribution in [0.5, 0.6) is 0 Å². The van der Waals surface area contributed by atoms with Crippen molar-refractivity contribution >= 4 is 46.0 Å². The summed E-state index contributed by atoms with van der Waals surface area (Å²) in [5, 5.41) is 10.1. The van der Waals surface area contributed by atoms with E-state index in [1.807, 2.05) is 18.5 Å². The van der Waals surface area contributed by atoms with Gasteiger partial charge in [0.1, 0.15) is 5.60 Å². The standard InChI is InChI=1S/C23H20Cl2N4O2/c24-17-4-1-5-18(25)21(17)29-13-23(31-22(29)30)8-2-3-16(10-23)12-28-14-27-19-7-6-15(11-26)9-20(19)28/h1,4-7,9,14,16H,2-3,8,10,12-13H2/t16-,23-/m0/s1. The molecule has 1 aliphatic heterocycles. The van der Waals surface area contributed by atoms with E-state index in [2.05, 4.69) is 15.6 Å². The number of imidazole rings is 1. The number of halogens is 2. The third-order valence-corrected chi connectivity index (χ3v) is 6.90. The van der Waals surface area contributed by atoms with Crippen molar-refractivity contribution in [3.05, 3.63) is 58.3 Å². The molecule has 0 N–H and O–H groups in total. The van der Waals surface area contributed by atoms with Crippen LogP contribution in [0.1, 0.15) is 31.2 Å². The quantitative estimate of drug-likeness (QED) is 0.501. The van der Waals surface area contributed by atoms with Crippen molar-refractivity contribution < 1.29 is 9.53 Å². The highest BCUT2D eigenvalue weighted by Gasteiger charge is 2.49. The lowest BCUT2D eigenvalue weighted by molar-refractivity contribution is 0.00439. The van der Waals surface area contributed by atoms with Gasteiger partial charge in [0.2, 0.25) is 0 Å². The summed E-state index contributed by atoms with van der Waals surface area (Å²) in [7, 11) is 0. The molecule has 1 aliphatic carbocycles. The summed E-state index contributed by atoms with van der Waals surface area (Å²) in [6, 6.07) is 12.9. The van der Waals surface area contributed by atoms with Gasteiger partial charge in [0.05, 0.1) is 51.3 Å². The first kappa shape index (κ1) is 20.2. The van der Waals surface area contributed by atoms with Crippen LogP contribution in [0.2, 0.25) is 10.0 Å². The second kappa shape index (κ2) is 7.74. The summed E-state index contributed by atoms with van der Waals surface area (Å²) in [6.45, 7) is 1.20. The van der Waals surface area contributed by atoms with E-state index in [1.165, 1.54) is 0 Å². The topological polar surface area (TPSA) is 71.2 Å². The van der Waals surface area contributed by atoms with E-state index in [-0.39, 0.29) is 0 Å². The van der Waals surface area contributed by atoms with Gasteiger partial charge in [-0.2, -0.15) is 5.26 Å². The van der Waals surface area contributed by atoms with Gasteiger partial charge in [-0.3, -0.25) is 4.90 Å². The molecule has 2 fully saturated rings. The Bertz CT molecular complexity index is 1200. The first-order valence-corrected chi connectivity index (χ1v) is 11.0. The summed E-state index contributed by atoms with van der Waals surface area (Å²) in [4.78, 5) is 18.8. The van der Waals surface area contributed by atoms with Crippen molar-refractivity contribution in [2.45, 2.75) is 37.8 Å². The fraction of sp³-hybridized carbons (Fsp3) is 0.348. The molecule has 31 heavy (non-hydrogen) atoms. The number of fused-ring (bicyclic) bond motifs is 1. The van der Waals surface area contributed by atoms with Gasteiger partial charge in [-0.05, 0) is 61.9 Å². The van der Waals surface area contributed by atoms with Crippen molar-refractivity contribution in [2.24, 2.45) is 5.92 Å². The number of anilines is 1. The molecular weight excluding hydrogens is 435 g/mol. The maximum Gasteiger partial charge on any atom is 0.415 e. The molecule has 8 heteroatoms. The number of hydrogen-bond acceptors (Lipinski definition) is 4. The molecule has 0 unspecified atom stereocenters. The molecule has 1 saturated carbocycles. The average molecular weight is 455 g/mol. The number of aromatic nitrogens is 2. The molecule has 158 valence electrons. The van der Waals surface area contributed by atoms with Gasteiger partial charge in [0.15, 0.2) is 0 Å². The SMILES string of the molecule is N#Cc1ccc2ncn(C[C@H]3CCC[C@]4(C3)CN(c3c(Cl)cccc3Cl)C(=O)O4)c2c1. The van der Waals surface area contributed by atoms with E-state index in [1.54, 1.807) is 29.2 Å². The maximum atomic E-state index is 12.8. The third kappa shape index (κ3) is 3.62. The summed E-state index contributed by atoms with van der Waals surface area (Å²) >= 11 is 12.7. The molecule has 0 bridgehead atoms. The zero-order chi connectivity index (χ0) is 21.6. The van der Waals surface area contributed by atoms with Crippen LogP contribution in [0.3, 0.4) is 0 Å². The normalized spacial score (nSPS) is 23.3. The number of carbonyl (C=O) groups is 1. The number of nitriles is 1. The van der Waals surface area contributed by atoms with Gasteiger partial charge in [-0.25, -0.2) is 9.78 Å². The van der Waals surface area contributed by atoms with Crippen LogP contribution in [0.25, 0.3) is 11.0 Å². The molecule has 2 aromatic carbocycles. The highest BCUT2D eigenvalue weighted by Crippen LogP contribution is 2.44. The zero-order valence-electron chi connectivity index (χ0n) is 16.7. The van der Waals surface area contributed by atoms with Crippen LogP contribution < -0.4 is 4.90 Å². The summed E-state index contributed by atoms with van der Waals surface area (Å²) < 4.78 is 8.04. The lowest BCUT2D eigenvalue weighted by Crippen LogP contribution is -2.40. The van der Waals surface area contributed by atoms with Gasteiger partial charge in [0.25, 0.3) is 0 Å². The van der Waals surface area contributed by atoms with Crippen molar-refractivity contribution in [3.8, 4) is 6.07 Å². The summed E-state index contributed by atoms with van der Waals surface area (Å²) in [5.74, 6) is 0.325. The van der Waals surface area contributed by atoms with E-state index < -0.39 is 11.7 Å². The van der Waals surface area contributed by atoms with Gasteiger partial charge < -0.3 is 9.30 Å². The average Bonchev–Trinajstić information content (AvgIpc) is 3.28. The van der Waals surface area contributed by atoms with Crippen molar-refractivity contribution in [1.82, 2.24) is 9.55 Å². The molecule has 2 aliphatic rings. The van der Waals surface area contributed by atoms with Crippen molar-refractivity contribution in [2.75, 3.05) is 11.4 Å². The number of rotatable bonds is 3. The van der Waals surface area contributed by atoms with E-state index in [0.717, 1.165) is 43.3 Å². The second-order valence-corrected chi connectivity index (χ2v) is 9.20. The zero-order valence-corrected chi connectivity index (χ0v) is 18.2. The Balaban J connectivity index is 1.37. The maximum absolute atomic E-state index is 12.8. The summed E-state index contributed by atoms with van der Waals surface area (Å²) in [5.41, 5.74) is 2.41. The molecule has 2 atom stereocenters. The van der Waals surface area contributed by atoms with Gasteiger partial charge in [0, 0.05) is 6.54 Å². The predicted octanol–water partition coefficient (Wildman–Crippen LogP) is 5.80. The van der Waals surface area contributed by atoms with Crippen LogP contribution in [0.15, 0.2) is 42.7 Å². The highest BCUT2D eigenvalue weighted by molar-refractivity contribution is 6.39. The summed E-state index contributed by atoms with van der Waals surface area (Å²) in [6.07, 6.45) is 5.01. The third-order valence-electron chi connectivity index (χ3n) is 6.29. The molecule has 6 nitrogen and oxygen atoms in total. The number of benzene rings is 2. The van der Waals surface area contributed by atoms with Crippen LogP contribution in [0, 0.1) is 17.2 Å². The minimum Gasteiger partial charge on any atom is -0.441 e. The molecule has 1 amide bonds. The molecule has 1 spiro atoms. The fourth-order valence-corrected chi connectivity index (χ4v) is 5.53. The van der Waals surface area contributed by atoms with E-state index >= 15 is 0 Å². The highest BCUT2D eigenvalue weighted by atomic mass is 35.5. The Hall–Kier alpha value is -2.75. The number of amides is 1. The number of hydrogen-bond donors (Lipinski definition) is 0. The van der Waals surface area contributed by atoms with Gasteiger partial charge >= 0.3 is 6.09 Å².